The second-order valence-corrected chi connectivity index (χ2v) is 9.17. The van der Waals surface area contributed by atoms with Gasteiger partial charge in [-0.25, -0.2) is 0 Å². The van der Waals surface area contributed by atoms with Crippen LogP contribution in [0.3, 0.4) is 0 Å². The third-order valence-electron chi connectivity index (χ3n) is 6.33. The van der Waals surface area contributed by atoms with Gasteiger partial charge in [0, 0.05) is 25.2 Å². The van der Waals surface area contributed by atoms with Crippen molar-refractivity contribution in [1.82, 2.24) is 14.8 Å². The van der Waals surface area contributed by atoms with E-state index in [-0.39, 0.29) is 11.8 Å². The van der Waals surface area contributed by atoms with E-state index in [0.29, 0.717) is 82.6 Å². The molecule has 200 valence electrons. The molecule has 3 aromatic rings. The summed E-state index contributed by atoms with van der Waals surface area (Å²) in [5.41, 5.74) is 3.30. The van der Waals surface area contributed by atoms with Gasteiger partial charge in [0.1, 0.15) is 5.75 Å². The topological polar surface area (TPSA) is 81.2 Å². The number of fused-ring (bicyclic) bond motifs is 2. The number of pyridine rings is 1. The highest BCUT2D eigenvalue weighted by Crippen LogP contribution is 2.18. The van der Waals surface area contributed by atoms with E-state index in [9.17, 15) is 9.59 Å². The number of ether oxygens (including phenoxy) is 3. The fourth-order valence-electron chi connectivity index (χ4n) is 4.31. The Kier molecular flexibility index (Phi) is 10.2. The van der Waals surface area contributed by atoms with E-state index in [0.717, 1.165) is 11.1 Å². The van der Waals surface area contributed by atoms with Crippen molar-refractivity contribution < 1.29 is 23.8 Å². The summed E-state index contributed by atoms with van der Waals surface area (Å²) in [4.78, 5) is 34.9. The molecule has 0 N–H and O–H groups in total. The second kappa shape index (κ2) is 14.3. The van der Waals surface area contributed by atoms with Crippen molar-refractivity contribution >= 4 is 11.8 Å². The summed E-state index contributed by atoms with van der Waals surface area (Å²) in [6, 6.07) is 23.0. The van der Waals surface area contributed by atoms with E-state index in [1.165, 1.54) is 0 Å². The highest BCUT2D eigenvalue weighted by molar-refractivity contribution is 5.79. The van der Waals surface area contributed by atoms with Crippen LogP contribution in [0.4, 0.5) is 0 Å². The second-order valence-electron chi connectivity index (χ2n) is 9.17. The molecule has 0 aliphatic carbocycles. The molecule has 0 saturated carbocycles. The first-order valence-corrected chi connectivity index (χ1v) is 12.9. The highest BCUT2D eigenvalue weighted by atomic mass is 16.5. The van der Waals surface area contributed by atoms with Gasteiger partial charge in [0.25, 0.3) is 0 Å². The molecule has 0 fully saturated rings. The Morgan fingerprint density at radius 1 is 0.737 bits per heavy atom. The van der Waals surface area contributed by atoms with E-state index >= 15 is 0 Å². The van der Waals surface area contributed by atoms with Crippen LogP contribution in [0.5, 0.6) is 5.75 Å². The van der Waals surface area contributed by atoms with Crippen LogP contribution in [0.15, 0.2) is 72.8 Å². The number of carbonyl (C=O) groups is 2. The summed E-state index contributed by atoms with van der Waals surface area (Å²) in [6.45, 7) is 3.10. The summed E-state index contributed by atoms with van der Waals surface area (Å²) in [7, 11) is 1.60. The molecule has 1 aromatic heterocycles. The zero-order valence-electron chi connectivity index (χ0n) is 21.9. The van der Waals surface area contributed by atoms with E-state index in [4.69, 9.17) is 19.2 Å². The highest BCUT2D eigenvalue weighted by Gasteiger charge is 2.19. The molecule has 2 amide bonds. The number of nitrogens with zero attached hydrogens (tertiary/aromatic N) is 3. The lowest BCUT2D eigenvalue weighted by molar-refractivity contribution is -0.133. The van der Waals surface area contributed by atoms with Gasteiger partial charge in [0.15, 0.2) is 0 Å². The summed E-state index contributed by atoms with van der Waals surface area (Å²) in [5, 5.41) is 0. The first kappa shape index (κ1) is 27.3. The van der Waals surface area contributed by atoms with Gasteiger partial charge in [-0.3, -0.25) is 14.6 Å². The average Bonchev–Trinajstić information content (AvgIpc) is 2.94. The Morgan fingerprint density at radius 2 is 1.18 bits per heavy atom. The molecule has 1 aliphatic heterocycles. The molecule has 0 saturated heterocycles. The lowest BCUT2D eigenvalue weighted by atomic mass is 10.1. The van der Waals surface area contributed by atoms with Crippen LogP contribution in [0, 0.1) is 0 Å². The normalized spacial score (nSPS) is 15.3. The minimum atomic E-state index is -0.00815. The van der Waals surface area contributed by atoms with Crippen LogP contribution in [-0.4, -0.2) is 73.2 Å². The zero-order chi connectivity index (χ0) is 26.6. The number of benzene rings is 2. The fourth-order valence-corrected chi connectivity index (χ4v) is 4.31. The largest absolute Gasteiger partial charge is 0.497 e. The van der Waals surface area contributed by atoms with E-state index in [1.54, 1.807) is 16.9 Å². The standard InChI is InChI=1S/C30H35N3O5/c1-36-28-20-26-22-32(29(34)18-24-8-4-2-5-9-24)12-14-37-16-17-38-15-13-33(23-27(21-28)31-26)30(35)19-25-10-6-3-7-11-25/h2-11,20-21H,12-19,22-23H2,1H3. The molecule has 4 rings (SSSR count). The number of rotatable bonds is 5. The maximum absolute atomic E-state index is 13.3. The van der Waals surface area contributed by atoms with Crippen molar-refractivity contribution in [2.24, 2.45) is 0 Å². The van der Waals surface area contributed by atoms with Crippen molar-refractivity contribution in [3.63, 3.8) is 0 Å². The van der Waals surface area contributed by atoms with Crippen LogP contribution >= 0.6 is 0 Å². The fraction of sp³-hybridized carbons (Fsp3) is 0.367. The molecule has 0 spiro atoms. The lowest BCUT2D eigenvalue weighted by Crippen LogP contribution is -2.35. The summed E-state index contributed by atoms with van der Waals surface area (Å²) >= 11 is 0. The minimum Gasteiger partial charge on any atom is -0.497 e. The van der Waals surface area contributed by atoms with Crippen LogP contribution in [-0.2, 0) is 45.0 Å². The molecule has 38 heavy (non-hydrogen) atoms. The summed E-state index contributed by atoms with van der Waals surface area (Å²) in [5.74, 6) is 0.616. The molecular weight excluding hydrogens is 482 g/mol. The number of methoxy groups -OCH3 is 1. The SMILES string of the molecule is COc1cc2nc(c1)CN(C(=O)Cc1ccccc1)CCOCCOCCN(C(=O)Cc1ccccc1)C2. The van der Waals surface area contributed by atoms with E-state index in [2.05, 4.69) is 0 Å². The smallest absolute Gasteiger partial charge is 0.227 e. The first-order chi connectivity index (χ1) is 18.6. The molecule has 0 radical (unpaired) electrons. The van der Waals surface area contributed by atoms with E-state index in [1.807, 2.05) is 72.8 Å². The van der Waals surface area contributed by atoms with Gasteiger partial charge < -0.3 is 24.0 Å². The van der Waals surface area contributed by atoms with Gasteiger partial charge in [-0.2, -0.15) is 0 Å². The third kappa shape index (κ3) is 8.39. The van der Waals surface area contributed by atoms with Gasteiger partial charge in [-0.05, 0) is 11.1 Å². The monoisotopic (exact) mass is 517 g/mol. The van der Waals surface area contributed by atoms with Crippen LogP contribution in [0.1, 0.15) is 22.5 Å². The van der Waals surface area contributed by atoms with E-state index < -0.39 is 0 Å². The van der Waals surface area contributed by atoms with Gasteiger partial charge >= 0.3 is 0 Å². The third-order valence-corrected chi connectivity index (χ3v) is 6.33. The molecule has 0 atom stereocenters. The predicted molar refractivity (Wildman–Crippen MR) is 144 cm³/mol. The quantitative estimate of drug-likeness (QED) is 0.517. The van der Waals surface area contributed by atoms with Gasteiger partial charge in [-0.1, -0.05) is 60.7 Å². The molecule has 8 heteroatoms. The number of hydrogen-bond donors (Lipinski definition) is 0. The molecule has 0 unspecified atom stereocenters. The average molecular weight is 518 g/mol. The van der Waals surface area contributed by atoms with Crippen molar-refractivity contribution in [3.8, 4) is 5.75 Å². The Morgan fingerprint density at radius 3 is 1.61 bits per heavy atom. The molecule has 2 aromatic carbocycles. The molecule has 1 aliphatic rings. The van der Waals surface area contributed by atoms with Crippen molar-refractivity contribution in [1.29, 1.82) is 0 Å². The Bertz CT molecular complexity index is 1090. The summed E-state index contributed by atoms with van der Waals surface area (Å²) < 4.78 is 17.0. The predicted octanol–water partition coefficient (Wildman–Crippen LogP) is 3.28. The number of aromatic nitrogens is 1. The van der Waals surface area contributed by atoms with Gasteiger partial charge in [0.2, 0.25) is 11.8 Å². The van der Waals surface area contributed by atoms with Crippen molar-refractivity contribution in [2.75, 3.05) is 46.6 Å². The van der Waals surface area contributed by atoms with Crippen LogP contribution in [0.2, 0.25) is 0 Å². The lowest BCUT2D eigenvalue weighted by Gasteiger charge is -2.24. The number of hydrogen-bond acceptors (Lipinski definition) is 6. The van der Waals surface area contributed by atoms with Gasteiger partial charge in [0.05, 0.1) is 70.9 Å². The molecular formula is C30H35N3O5. The van der Waals surface area contributed by atoms with Gasteiger partial charge in [-0.15, -0.1) is 0 Å². The first-order valence-electron chi connectivity index (χ1n) is 12.9. The molecule has 2 bridgehead atoms. The maximum Gasteiger partial charge on any atom is 0.227 e. The Labute approximate surface area is 224 Å². The van der Waals surface area contributed by atoms with Crippen LogP contribution < -0.4 is 4.74 Å². The molecule has 8 nitrogen and oxygen atoms in total. The van der Waals surface area contributed by atoms with Crippen LogP contribution in [0.25, 0.3) is 0 Å². The zero-order valence-corrected chi connectivity index (χ0v) is 21.9. The Balaban J connectivity index is 1.56. The van der Waals surface area contributed by atoms with Crippen molar-refractivity contribution in [3.05, 3.63) is 95.3 Å². The molecule has 2 heterocycles. The Hall–Kier alpha value is -3.75. The summed E-state index contributed by atoms with van der Waals surface area (Å²) in [6.07, 6.45) is 0.588. The number of amides is 2. The van der Waals surface area contributed by atoms with Crippen molar-refractivity contribution in [2.45, 2.75) is 25.9 Å². The maximum atomic E-state index is 13.3. The number of carbonyl (C=O) groups excluding carboxylic acids is 2. The minimum absolute atomic E-state index is 0.00815.